The van der Waals surface area contributed by atoms with E-state index in [1.165, 1.54) is 0 Å². The molecule has 1 N–H and O–H groups in total. The van der Waals surface area contributed by atoms with E-state index < -0.39 is 30.3 Å². The molecule has 2 aliphatic heterocycles. The number of carbonyl (C=O) groups is 4. The maximum atomic E-state index is 12.3. The Kier molecular flexibility index (Phi) is 4.80. The van der Waals surface area contributed by atoms with Gasteiger partial charge in [0, 0.05) is 13.1 Å². The number of benzene rings is 1. The molecule has 0 aliphatic carbocycles. The molecule has 3 rings (SSSR count). The molecule has 0 spiro atoms. The normalized spacial score (nSPS) is 18.1. The van der Waals surface area contributed by atoms with Crippen molar-refractivity contribution in [1.29, 1.82) is 0 Å². The summed E-state index contributed by atoms with van der Waals surface area (Å²) in [5.74, 6) is -1.76. The third kappa shape index (κ3) is 3.39. The largest absolute Gasteiger partial charge is 0.378 e. The van der Waals surface area contributed by atoms with E-state index in [1.807, 2.05) is 0 Å². The van der Waals surface area contributed by atoms with E-state index in [-0.39, 0.29) is 17.0 Å². The predicted molar refractivity (Wildman–Crippen MR) is 86.8 cm³/mol. The number of rotatable bonds is 4. The van der Waals surface area contributed by atoms with Gasteiger partial charge in [0.05, 0.1) is 24.3 Å². The molecule has 2 aliphatic rings. The van der Waals surface area contributed by atoms with Crippen LogP contribution in [0.2, 0.25) is 0 Å². The Bertz CT molecular complexity index is 692. The Morgan fingerprint density at radius 3 is 2.24 bits per heavy atom. The van der Waals surface area contributed by atoms with Crippen LogP contribution in [0, 0.1) is 0 Å². The van der Waals surface area contributed by atoms with Crippen LogP contribution < -0.4 is 5.32 Å². The number of nitrogens with one attached hydrogen (secondary N) is 1. The Morgan fingerprint density at radius 1 is 1.12 bits per heavy atom. The molecule has 0 unspecified atom stereocenters. The highest BCUT2D eigenvalue weighted by molar-refractivity contribution is 6.22. The summed E-state index contributed by atoms with van der Waals surface area (Å²) in [4.78, 5) is 51.5. The molecule has 0 bridgehead atoms. The minimum atomic E-state index is -0.735. The van der Waals surface area contributed by atoms with Crippen molar-refractivity contribution in [2.45, 2.75) is 13.0 Å². The third-order valence-electron chi connectivity index (χ3n) is 4.25. The van der Waals surface area contributed by atoms with E-state index in [9.17, 15) is 19.2 Å². The first-order valence-corrected chi connectivity index (χ1v) is 8.10. The molecule has 25 heavy (non-hydrogen) atoms. The summed E-state index contributed by atoms with van der Waals surface area (Å²) >= 11 is 0. The van der Waals surface area contributed by atoms with Gasteiger partial charge < -0.3 is 15.0 Å². The van der Waals surface area contributed by atoms with Crippen LogP contribution in [0.1, 0.15) is 27.6 Å². The van der Waals surface area contributed by atoms with Gasteiger partial charge in [-0.2, -0.15) is 0 Å². The lowest BCUT2D eigenvalue weighted by molar-refractivity contribution is -0.139. The number of fused-ring (bicyclic) bond motifs is 1. The van der Waals surface area contributed by atoms with Gasteiger partial charge in [-0.25, -0.2) is 0 Å². The molecule has 2 heterocycles. The minimum Gasteiger partial charge on any atom is -0.378 e. The highest BCUT2D eigenvalue weighted by atomic mass is 16.5. The summed E-state index contributed by atoms with van der Waals surface area (Å²) in [6, 6.07) is 5.70. The van der Waals surface area contributed by atoms with Gasteiger partial charge in [0.1, 0.15) is 12.6 Å². The van der Waals surface area contributed by atoms with Crippen LogP contribution in [-0.4, -0.2) is 72.3 Å². The number of hydrogen-bond acceptors (Lipinski definition) is 5. The molecule has 1 saturated heterocycles. The fraction of sp³-hybridized carbons (Fsp3) is 0.412. The van der Waals surface area contributed by atoms with E-state index in [4.69, 9.17) is 4.74 Å². The molecule has 0 radical (unpaired) electrons. The van der Waals surface area contributed by atoms with E-state index in [0.29, 0.717) is 26.3 Å². The van der Waals surface area contributed by atoms with Crippen LogP contribution in [0.25, 0.3) is 0 Å². The fourth-order valence-corrected chi connectivity index (χ4v) is 2.93. The highest BCUT2D eigenvalue weighted by Gasteiger charge is 2.36. The van der Waals surface area contributed by atoms with Gasteiger partial charge >= 0.3 is 0 Å². The number of amides is 4. The number of nitrogens with zero attached hydrogens (tertiary/aromatic N) is 2. The van der Waals surface area contributed by atoms with Crippen LogP contribution in [0.15, 0.2) is 24.3 Å². The molecule has 0 aromatic heterocycles. The van der Waals surface area contributed by atoms with Crippen LogP contribution >= 0.6 is 0 Å². The van der Waals surface area contributed by atoms with Crippen LogP contribution in [0.5, 0.6) is 0 Å². The number of ether oxygens (including phenoxy) is 1. The summed E-state index contributed by atoms with van der Waals surface area (Å²) in [5.41, 5.74) is 0.579. The maximum Gasteiger partial charge on any atom is 0.262 e. The molecule has 4 amide bonds. The molecular formula is C17H19N3O5. The van der Waals surface area contributed by atoms with Crippen molar-refractivity contribution >= 4 is 23.6 Å². The molecule has 1 aromatic carbocycles. The number of carbonyl (C=O) groups excluding carboxylic acids is 4. The molecule has 1 atom stereocenters. The second-order valence-corrected chi connectivity index (χ2v) is 5.97. The topological polar surface area (TPSA) is 96.0 Å². The van der Waals surface area contributed by atoms with Crippen molar-refractivity contribution in [3.8, 4) is 0 Å². The monoisotopic (exact) mass is 345 g/mol. The number of hydrogen-bond donors (Lipinski definition) is 1. The summed E-state index contributed by atoms with van der Waals surface area (Å²) in [6.07, 6.45) is 0. The lowest BCUT2D eigenvalue weighted by Crippen LogP contribution is -2.52. The molecule has 8 nitrogen and oxygen atoms in total. The second-order valence-electron chi connectivity index (χ2n) is 5.97. The standard InChI is InChI=1S/C17H19N3O5/c1-11(15(22)19-6-8-25-9-7-19)18-14(21)10-20-16(23)12-4-2-3-5-13(12)17(20)24/h2-5,11H,6-10H2,1H3,(H,18,21)/t11-/m1/s1. The molecule has 132 valence electrons. The maximum absolute atomic E-state index is 12.3. The summed E-state index contributed by atoms with van der Waals surface area (Å²) in [5, 5.41) is 2.55. The number of morpholine rings is 1. The molecule has 0 saturated carbocycles. The van der Waals surface area contributed by atoms with Crippen molar-refractivity contribution in [3.63, 3.8) is 0 Å². The number of imide groups is 1. The predicted octanol–water partition coefficient (Wildman–Crippen LogP) is -0.354. The van der Waals surface area contributed by atoms with Crippen molar-refractivity contribution in [2.75, 3.05) is 32.8 Å². The van der Waals surface area contributed by atoms with Crippen molar-refractivity contribution in [2.24, 2.45) is 0 Å². The van der Waals surface area contributed by atoms with Crippen molar-refractivity contribution < 1.29 is 23.9 Å². The third-order valence-corrected chi connectivity index (χ3v) is 4.25. The van der Waals surface area contributed by atoms with E-state index in [0.717, 1.165) is 4.90 Å². The molecular weight excluding hydrogens is 326 g/mol. The van der Waals surface area contributed by atoms with Gasteiger partial charge in [-0.15, -0.1) is 0 Å². The lowest BCUT2D eigenvalue weighted by atomic mass is 10.1. The van der Waals surface area contributed by atoms with Crippen molar-refractivity contribution in [1.82, 2.24) is 15.1 Å². The van der Waals surface area contributed by atoms with E-state index in [2.05, 4.69) is 5.32 Å². The summed E-state index contributed by atoms with van der Waals surface area (Å²) in [6.45, 7) is 3.09. The minimum absolute atomic E-state index is 0.209. The van der Waals surface area contributed by atoms with Gasteiger partial charge in [0.2, 0.25) is 11.8 Å². The van der Waals surface area contributed by atoms with Gasteiger partial charge in [0.25, 0.3) is 11.8 Å². The highest BCUT2D eigenvalue weighted by Crippen LogP contribution is 2.21. The fourth-order valence-electron chi connectivity index (χ4n) is 2.93. The van der Waals surface area contributed by atoms with Gasteiger partial charge in [0.15, 0.2) is 0 Å². The van der Waals surface area contributed by atoms with Gasteiger partial charge in [-0.05, 0) is 19.1 Å². The smallest absolute Gasteiger partial charge is 0.262 e. The quantitative estimate of drug-likeness (QED) is 0.752. The Labute approximate surface area is 144 Å². The lowest BCUT2D eigenvalue weighted by Gasteiger charge is -2.29. The van der Waals surface area contributed by atoms with Crippen molar-refractivity contribution in [3.05, 3.63) is 35.4 Å². The Morgan fingerprint density at radius 2 is 1.68 bits per heavy atom. The summed E-state index contributed by atoms with van der Waals surface area (Å²) in [7, 11) is 0. The summed E-state index contributed by atoms with van der Waals surface area (Å²) < 4.78 is 5.19. The van der Waals surface area contributed by atoms with Crippen LogP contribution in [0.4, 0.5) is 0 Å². The molecule has 1 fully saturated rings. The zero-order valence-electron chi connectivity index (χ0n) is 13.9. The first-order valence-electron chi connectivity index (χ1n) is 8.10. The second kappa shape index (κ2) is 7.02. The first-order chi connectivity index (χ1) is 12.0. The Balaban J connectivity index is 1.59. The Hall–Kier alpha value is -2.74. The van der Waals surface area contributed by atoms with Crippen LogP contribution in [-0.2, 0) is 14.3 Å². The van der Waals surface area contributed by atoms with E-state index >= 15 is 0 Å². The average molecular weight is 345 g/mol. The van der Waals surface area contributed by atoms with Gasteiger partial charge in [-0.1, -0.05) is 12.1 Å². The molecule has 1 aromatic rings. The zero-order chi connectivity index (χ0) is 18.0. The van der Waals surface area contributed by atoms with Gasteiger partial charge in [-0.3, -0.25) is 24.1 Å². The van der Waals surface area contributed by atoms with Crippen LogP contribution in [0.3, 0.4) is 0 Å². The SMILES string of the molecule is C[C@@H](NC(=O)CN1C(=O)c2ccccc2C1=O)C(=O)N1CCOCC1. The average Bonchev–Trinajstić information content (AvgIpc) is 2.87. The van der Waals surface area contributed by atoms with E-state index in [1.54, 1.807) is 36.1 Å². The molecule has 8 heteroatoms. The zero-order valence-corrected chi connectivity index (χ0v) is 13.9. The first kappa shape index (κ1) is 17.1.